The monoisotopic (exact) mass is 455 g/mol. The number of nitrogens with two attached hydrogens (primary N) is 1. The molecule has 0 rings (SSSR count). The van der Waals surface area contributed by atoms with Gasteiger partial charge in [0, 0.05) is 0 Å². The Bertz CT molecular complexity index is 428. The van der Waals surface area contributed by atoms with Crippen LogP contribution in [0, 0.1) is 0 Å². The summed E-state index contributed by atoms with van der Waals surface area (Å²) in [5, 5.41) is 0. The van der Waals surface area contributed by atoms with E-state index in [0.29, 0.717) is 6.54 Å². The summed E-state index contributed by atoms with van der Waals surface area (Å²) >= 11 is 0. The Morgan fingerprint density at radius 2 is 1.08 bits per heavy atom. The van der Waals surface area contributed by atoms with Crippen molar-refractivity contribution in [3.63, 3.8) is 0 Å². The minimum absolute atomic E-state index is 0.660. The Morgan fingerprint density at radius 1 is 0.615 bits per heavy atom. The summed E-state index contributed by atoms with van der Waals surface area (Å²) in [6.45, 7) is 25.0. The van der Waals surface area contributed by atoms with Crippen LogP contribution >= 0.6 is 0 Å². The van der Waals surface area contributed by atoms with Crippen molar-refractivity contribution in [2.45, 2.75) is 97.3 Å². The highest BCUT2D eigenvalue weighted by molar-refractivity contribution is 6.90. The summed E-state index contributed by atoms with van der Waals surface area (Å²) in [6.07, 6.45) is 1.99. The van der Waals surface area contributed by atoms with Crippen molar-refractivity contribution in [1.82, 2.24) is 0 Å². The smallest absolute Gasteiger partial charge is 0.317 e. The van der Waals surface area contributed by atoms with E-state index >= 15 is 0 Å². The zero-order valence-electron chi connectivity index (χ0n) is 19.2. The molecule has 0 aliphatic carbocycles. The average molecular weight is 456 g/mol. The van der Waals surface area contributed by atoms with Crippen LogP contribution in [0.5, 0.6) is 0 Å². The van der Waals surface area contributed by atoms with Gasteiger partial charge in [0.15, 0.2) is 16.6 Å². The molecule has 10 heteroatoms. The Hall–Kier alpha value is 0.884. The van der Waals surface area contributed by atoms with Crippen LogP contribution in [0.3, 0.4) is 0 Å². The molecule has 0 aromatic carbocycles. The third-order valence-electron chi connectivity index (χ3n) is 3.51. The van der Waals surface area contributed by atoms with Crippen LogP contribution in [0.2, 0.25) is 77.6 Å². The Morgan fingerprint density at radius 3 is 1.46 bits per heavy atom. The predicted octanol–water partition coefficient (Wildman–Crippen LogP) is 5.33. The van der Waals surface area contributed by atoms with Crippen molar-refractivity contribution >= 4 is 42.3 Å². The molecule has 2 atom stereocenters. The van der Waals surface area contributed by atoms with E-state index in [9.17, 15) is 0 Å². The van der Waals surface area contributed by atoms with Gasteiger partial charge < -0.3 is 22.2 Å². The first-order valence-corrected chi connectivity index (χ1v) is 24.6. The molecular formula is C16H45NO4Si5. The fourth-order valence-electron chi connectivity index (χ4n) is 3.51. The molecule has 0 radical (unpaired) electrons. The van der Waals surface area contributed by atoms with Gasteiger partial charge in [-0.15, -0.1) is 0 Å². The van der Waals surface area contributed by atoms with E-state index in [0.717, 1.165) is 24.9 Å². The number of rotatable bonds is 13. The maximum absolute atomic E-state index is 6.88. The summed E-state index contributed by atoms with van der Waals surface area (Å²) < 4.78 is 26.7. The quantitative estimate of drug-likeness (QED) is 0.380. The van der Waals surface area contributed by atoms with E-state index in [-0.39, 0.29) is 0 Å². The largest absolute Gasteiger partial charge is 0.437 e. The van der Waals surface area contributed by atoms with Crippen LogP contribution in [0.15, 0.2) is 0 Å². The summed E-state index contributed by atoms with van der Waals surface area (Å²) in [5.41, 5.74) is 5.81. The van der Waals surface area contributed by atoms with Crippen molar-refractivity contribution in [3.05, 3.63) is 0 Å². The van der Waals surface area contributed by atoms with Crippen molar-refractivity contribution in [2.24, 2.45) is 5.73 Å². The molecule has 26 heavy (non-hydrogen) atoms. The van der Waals surface area contributed by atoms with E-state index in [2.05, 4.69) is 72.4 Å². The molecule has 0 spiro atoms. The molecule has 158 valence electrons. The van der Waals surface area contributed by atoms with Gasteiger partial charge in [0.2, 0.25) is 0 Å². The molecule has 0 aromatic heterocycles. The molecule has 0 aliphatic rings. The lowest BCUT2D eigenvalue weighted by Gasteiger charge is -2.44. The van der Waals surface area contributed by atoms with Gasteiger partial charge in [-0.1, -0.05) is 13.3 Å². The standard InChI is InChI=1S/C16H45NO4Si5/c1-12-15-25(10,19-23(5,6)7)21-26(11,16-13-14-17)20-24(8,9)18-22(2,3)4/h12-17H2,1-11H3. The Labute approximate surface area is 168 Å². The molecular weight excluding hydrogens is 411 g/mol. The van der Waals surface area contributed by atoms with E-state index < -0.39 is 42.3 Å². The van der Waals surface area contributed by atoms with Crippen LogP contribution in [-0.2, 0) is 16.5 Å². The first-order valence-electron chi connectivity index (χ1n) is 9.96. The summed E-state index contributed by atoms with van der Waals surface area (Å²) in [4.78, 5) is 0. The average Bonchev–Trinajstić information content (AvgIpc) is 2.29. The molecule has 0 saturated carbocycles. The van der Waals surface area contributed by atoms with Gasteiger partial charge >= 0.3 is 25.7 Å². The molecule has 2 N–H and O–H groups in total. The van der Waals surface area contributed by atoms with Gasteiger partial charge in [-0.25, -0.2) is 0 Å². The number of hydrogen-bond acceptors (Lipinski definition) is 5. The van der Waals surface area contributed by atoms with Crippen molar-refractivity contribution in [2.75, 3.05) is 6.54 Å². The summed E-state index contributed by atoms with van der Waals surface area (Å²) in [7, 11) is -10.4. The lowest BCUT2D eigenvalue weighted by Crippen LogP contribution is -2.60. The maximum Gasteiger partial charge on any atom is 0.317 e. The lowest BCUT2D eigenvalue weighted by molar-refractivity contribution is 0.287. The molecule has 0 heterocycles. The second-order valence-electron chi connectivity index (χ2n) is 9.94. The molecule has 0 aromatic rings. The van der Waals surface area contributed by atoms with Crippen molar-refractivity contribution in [1.29, 1.82) is 0 Å². The third-order valence-corrected chi connectivity index (χ3v) is 21.9. The van der Waals surface area contributed by atoms with E-state index in [1.54, 1.807) is 0 Å². The van der Waals surface area contributed by atoms with Crippen LogP contribution in [0.4, 0.5) is 0 Å². The van der Waals surface area contributed by atoms with E-state index in [1.165, 1.54) is 0 Å². The predicted molar refractivity (Wildman–Crippen MR) is 125 cm³/mol. The molecule has 0 fully saturated rings. The zero-order chi connectivity index (χ0) is 20.9. The number of hydrogen-bond donors (Lipinski definition) is 1. The third kappa shape index (κ3) is 12.4. The van der Waals surface area contributed by atoms with Crippen LogP contribution < -0.4 is 5.73 Å². The summed E-state index contributed by atoms with van der Waals surface area (Å²) in [5.74, 6) is 0. The Balaban J connectivity index is 5.53. The zero-order valence-corrected chi connectivity index (χ0v) is 24.2. The molecule has 0 aliphatic heterocycles. The topological polar surface area (TPSA) is 62.9 Å². The first-order chi connectivity index (χ1) is 11.4. The fraction of sp³-hybridized carbons (Fsp3) is 1.00. The summed E-state index contributed by atoms with van der Waals surface area (Å²) in [6, 6.07) is 1.90. The maximum atomic E-state index is 6.88. The van der Waals surface area contributed by atoms with E-state index in [4.69, 9.17) is 22.2 Å². The minimum atomic E-state index is -2.44. The lowest BCUT2D eigenvalue weighted by atomic mass is 10.5. The molecule has 5 nitrogen and oxygen atoms in total. The molecule has 2 unspecified atom stereocenters. The highest BCUT2D eigenvalue weighted by Gasteiger charge is 2.48. The fourth-order valence-corrected chi connectivity index (χ4v) is 27.4. The van der Waals surface area contributed by atoms with Gasteiger partial charge in [-0.2, -0.15) is 0 Å². The molecule has 0 bridgehead atoms. The van der Waals surface area contributed by atoms with Gasteiger partial charge in [0.1, 0.15) is 0 Å². The minimum Gasteiger partial charge on any atom is -0.437 e. The highest BCUT2D eigenvalue weighted by Crippen LogP contribution is 2.31. The van der Waals surface area contributed by atoms with Gasteiger partial charge in [0.05, 0.1) is 0 Å². The van der Waals surface area contributed by atoms with Crippen LogP contribution in [0.1, 0.15) is 19.8 Å². The highest BCUT2D eigenvalue weighted by atomic mass is 28.5. The normalized spacial score (nSPS) is 18.5. The second-order valence-corrected chi connectivity index (χ2v) is 30.0. The van der Waals surface area contributed by atoms with Crippen LogP contribution in [-0.4, -0.2) is 48.9 Å². The van der Waals surface area contributed by atoms with Gasteiger partial charge in [-0.3, -0.25) is 0 Å². The second kappa shape index (κ2) is 10.1. The van der Waals surface area contributed by atoms with Gasteiger partial charge in [0.25, 0.3) is 0 Å². The SMILES string of the molecule is CCC[Si](C)(O[Si](C)(C)C)O[Si](C)(CCCN)O[Si](C)(C)O[Si](C)(C)C. The van der Waals surface area contributed by atoms with E-state index in [1.807, 2.05) is 0 Å². The molecule has 0 saturated heterocycles. The van der Waals surface area contributed by atoms with Crippen molar-refractivity contribution < 1.29 is 16.5 Å². The van der Waals surface area contributed by atoms with Gasteiger partial charge in [-0.05, 0) is 90.5 Å². The van der Waals surface area contributed by atoms with Crippen molar-refractivity contribution in [3.8, 4) is 0 Å². The molecule has 0 amide bonds. The first kappa shape index (κ1) is 26.9. The van der Waals surface area contributed by atoms with Crippen LogP contribution in [0.25, 0.3) is 0 Å². The Kier molecular flexibility index (Phi) is 10.4.